The van der Waals surface area contributed by atoms with Crippen LogP contribution in [0.5, 0.6) is 0 Å². The lowest BCUT2D eigenvalue weighted by Crippen LogP contribution is -1.86. The van der Waals surface area contributed by atoms with Crippen molar-refractivity contribution in [3.05, 3.63) is 34.6 Å². The average Bonchev–Trinajstić information content (AvgIpc) is 2.88. The summed E-state index contributed by atoms with van der Waals surface area (Å²) in [5.74, 6) is -0.111. The molecule has 1 aromatic rings. The molecule has 0 unspecified atom stereocenters. The van der Waals surface area contributed by atoms with Crippen molar-refractivity contribution >= 4 is 17.9 Å². The largest absolute Gasteiger partial charge is 0.303 e. The average molecular weight is 199 g/mol. The van der Waals surface area contributed by atoms with E-state index in [1.54, 1.807) is 6.07 Å². The van der Waals surface area contributed by atoms with Crippen molar-refractivity contribution < 1.29 is 9.18 Å². The quantitative estimate of drug-likeness (QED) is 0.668. The fourth-order valence-electron chi connectivity index (χ4n) is 1.49. The fourth-order valence-corrected chi connectivity index (χ4v) is 1.61. The summed E-state index contributed by atoms with van der Waals surface area (Å²) in [6.07, 6.45) is 1.77. The molecule has 2 atom stereocenters. The van der Waals surface area contributed by atoms with Crippen LogP contribution in [0.4, 0.5) is 4.39 Å². The highest BCUT2D eigenvalue weighted by atomic mass is 35.5. The second kappa shape index (κ2) is 3.11. The summed E-state index contributed by atoms with van der Waals surface area (Å²) in [7, 11) is 0. The van der Waals surface area contributed by atoms with Gasteiger partial charge in [0.1, 0.15) is 12.1 Å². The fraction of sp³-hybridized carbons (Fsp3) is 0.300. The van der Waals surface area contributed by atoms with Crippen molar-refractivity contribution in [3.63, 3.8) is 0 Å². The van der Waals surface area contributed by atoms with Crippen LogP contribution >= 0.6 is 11.6 Å². The summed E-state index contributed by atoms with van der Waals surface area (Å²) < 4.78 is 13.0. The lowest BCUT2D eigenvalue weighted by molar-refractivity contribution is -0.108. The molecule has 0 spiro atoms. The molecule has 3 heteroatoms. The number of halogens is 2. The van der Waals surface area contributed by atoms with E-state index in [2.05, 4.69) is 0 Å². The van der Waals surface area contributed by atoms with Crippen molar-refractivity contribution in [3.8, 4) is 0 Å². The lowest BCUT2D eigenvalue weighted by atomic mass is 10.1. The van der Waals surface area contributed by atoms with Gasteiger partial charge in [0.25, 0.3) is 0 Å². The van der Waals surface area contributed by atoms with Gasteiger partial charge in [-0.3, -0.25) is 0 Å². The van der Waals surface area contributed by atoms with Gasteiger partial charge in [-0.15, -0.1) is 0 Å². The Labute approximate surface area is 80.5 Å². The predicted octanol–water partition coefficient (Wildman–Crippen LogP) is 2.78. The topological polar surface area (TPSA) is 17.1 Å². The summed E-state index contributed by atoms with van der Waals surface area (Å²) in [5.41, 5.74) is 0.874. The van der Waals surface area contributed by atoms with Crippen LogP contribution in [-0.4, -0.2) is 6.29 Å². The second-order valence-corrected chi connectivity index (χ2v) is 3.72. The summed E-state index contributed by atoms with van der Waals surface area (Å²) >= 11 is 5.53. The molecule has 1 fully saturated rings. The monoisotopic (exact) mass is 198 g/mol. The molecular formula is C10H8ClFO. The number of carbonyl (C=O) groups is 1. The van der Waals surface area contributed by atoms with E-state index < -0.39 is 5.82 Å². The SMILES string of the molecule is O=C[C@H]1C[C@H]1c1ccc(Cl)c(F)c1. The van der Waals surface area contributed by atoms with Gasteiger partial charge in [0, 0.05) is 5.92 Å². The number of benzene rings is 1. The van der Waals surface area contributed by atoms with Crippen molar-refractivity contribution in [1.82, 2.24) is 0 Å². The Morgan fingerprint density at radius 2 is 2.31 bits per heavy atom. The van der Waals surface area contributed by atoms with Crippen LogP contribution in [-0.2, 0) is 4.79 Å². The van der Waals surface area contributed by atoms with Gasteiger partial charge in [0.05, 0.1) is 5.02 Å². The number of rotatable bonds is 2. The van der Waals surface area contributed by atoms with Crippen LogP contribution in [0.25, 0.3) is 0 Å². The van der Waals surface area contributed by atoms with Gasteiger partial charge in [-0.05, 0) is 30.0 Å². The van der Waals surface area contributed by atoms with Crippen molar-refractivity contribution in [1.29, 1.82) is 0 Å². The van der Waals surface area contributed by atoms with E-state index in [1.807, 2.05) is 0 Å². The molecule has 0 radical (unpaired) electrons. The number of carbonyl (C=O) groups excluding carboxylic acids is 1. The molecule has 1 aromatic carbocycles. The molecule has 0 amide bonds. The van der Waals surface area contributed by atoms with Crippen LogP contribution < -0.4 is 0 Å². The van der Waals surface area contributed by atoms with Gasteiger partial charge < -0.3 is 4.79 Å². The van der Waals surface area contributed by atoms with Gasteiger partial charge in [-0.1, -0.05) is 17.7 Å². The van der Waals surface area contributed by atoms with Crippen LogP contribution in [0.1, 0.15) is 17.9 Å². The minimum atomic E-state index is -0.407. The van der Waals surface area contributed by atoms with Gasteiger partial charge in [0.2, 0.25) is 0 Å². The molecule has 0 N–H and O–H groups in total. The minimum absolute atomic E-state index is 0.0839. The standard InChI is InChI=1S/C10H8ClFO/c11-9-2-1-6(4-10(9)12)8-3-7(8)5-13/h1-2,4-5,7-8H,3H2/t7-,8+/m1/s1. The first-order valence-corrected chi connectivity index (χ1v) is 4.50. The number of aldehydes is 1. The molecule has 0 aliphatic heterocycles. The number of hydrogen-bond donors (Lipinski definition) is 0. The Hall–Kier alpha value is -0.890. The third-order valence-electron chi connectivity index (χ3n) is 2.39. The Kier molecular flexibility index (Phi) is 2.08. The normalized spacial score (nSPS) is 25.7. The van der Waals surface area contributed by atoms with Crippen molar-refractivity contribution in [2.75, 3.05) is 0 Å². The second-order valence-electron chi connectivity index (χ2n) is 3.32. The molecule has 0 saturated heterocycles. The molecule has 13 heavy (non-hydrogen) atoms. The Morgan fingerprint density at radius 1 is 1.54 bits per heavy atom. The summed E-state index contributed by atoms with van der Waals surface area (Å²) in [6.45, 7) is 0. The molecule has 1 aliphatic carbocycles. The van der Waals surface area contributed by atoms with E-state index in [9.17, 15) is 9.18 Å². The summed E-state index contributed by atoms with van der Waals surface area (Å²) in [4.78, 5) is 10.4. The highest BCUT2D eigenvalue weighted by molar-refractivity contribution is 6.30. The van der Waals surface area contributed by atoms with Crippen molar-refractivity contribution in [2.45, 2.75) is 12.3 Å². The zero-order valence-corrected chi connectivity index (χ0v) is 7.59. The highest BCUT2D eigenvalue weighted by Crippen LogP contribution is 2.46. The van der Waals surface area contributed by atoms with Gasteiger partial charge in [-0.25, -0.2) is 4.39 Å². The first-order chi connectivity index (χ1) is 6.22. The predicted molar refractivity (Wildman–Crippen MR) is 48.3 cm³/mol. The molecule has 1 saturated carbocycles. The Bertz CT molecular complexity index is 351. The summed E-state index contributed by atoms with van der Waals surface area (Å²) in [6, 6.07) is 4.72. The smallest absolute Gasteiger partial charge is 0.142 e. The highest BCUT2D eigenvalue weighted by Gasteiger charge is 2.38. The zero-order valence-electron chi connectivity index (χ0n) is 6.84. The number of hydrogen-bond acceptors (Lipinski definition) is 1. The van der Waals surface area contributed by atoms with Crippen LogP contribution in [0.2, 0.25) is 5.02 Å². The maximum Gasteiger partial charge on any atom is 0.142 e. The lowest BCUT2D eigenvalue weighted by Gasteiger charge is -1.99. The van der Waals surface area contributed by atoms with Gasteiger partial charge in [-0.2, -0.15) is 0 Å². The molecule has 1 nitrogen and oxygen atoms in total. The molecule has 2 rings (SSSR count). The summed E-state index contributed by atoms with van der Waals surface area (Å²) in [5, 5.41) is 0.132. The van der Waals surface area contributed by atoms with E-state index in [1.165, 1.54) is 12.1 Å². The first-order valence-electron chi connectivity index (χ1n) is 4.12. The third kappa shape index (κ3) is 1.59. The Morgan fingerprint density at radius 3 is 2.85 bits per heavy atom. The van der Waals surface area contributed by atoms with E-state index in [0.29, 0.717) is 0 Å². The molecular weight excluding hydrogens is 191 g/mol. The molecule has 0 aromatic heterocycles. The zero-order chi connectivity index (χ0) is 9.42. The van der Waals surface area contributed by atoms with Gasteiger partial charge >= 0.3 is 0 Å². The van der Waals surface area contributed by atoms with Crippen LogP contribution in [0, 0.1) is 11.7 Å². The maximum absolute atomic E-state index is 13.0. The van der Waals surface area contributed by atoms with Crippen LogP contribution in [0.3, 0.4) is 0 Å². The molecule has 1 aliphatic rings. The van der Waals surface area contributed by atoms with Crippen molar-refractivity contribution in [2.24, 2.45) is 5.92 Å². The van der Waals surface area contributed by atoms with E-state index in [0.717, 1.165) is 18.3 Å². The third-order valence-corrected chi connectivity index (χ3v) is 2.69. The van der Waals surface area contributed by atoms with Gasteiger partial charge in [0.15, 0.2) is 0 Å². The molecule has 68 valence electrons. The van der Waals surface area contributed by atoms with E-state index in [4.69, 9.17) is 11.6 Å². The molecule has 0 heterocycles. The van der Waals surface area contributed by atoms with Crippen LogP contribution in [0.15, 0.2) is 18.2 Å². The first kappa shape index (κ1) is 8.70. The molecule has 0 bridgehead atoms. The van der Waals surface area contributed by atoms with E-state index in [-0.39, 0.29) is 16.9 Å². The maximum atomic E-state index is 13.0. The minimum Gasteiger partial charge on any atom is -0.303 e. The van der Waals surface area contributed by atoms with E-state index >= 15 is 0 Å². The Balaban J connectivity index is 2.23.